The SMILES string of the molecule is CCC1CCNC(c2nnc3ccccn23)C1. The minimum atomic E-state index is 0.353. The van der Waals surface area contributed by atoms with E-state index in [1.807, 2.05) is 24.4 Å². The lowest BCUT2D eigenvalue weighted by Gasteiger charge is -2.28. The lowest BCUT2D eigenvalue weighted by molar-refractivity contribution is 0.290. The van der Waals surface area contributed by atoms with Gasteiger partial charge in [0.15, 0.2) is 11.5 Å². The summed E-state index contributed by atoms with van der Waals surface area (Å²) < 4.78 is 2.09. The van der Waals surface area contributed by atoms with Gasteiger partial charge in [0.05, 0.1) is 6.04 Å². The smallest absolute Gasteiger partial charge is 0.160 e. The third-order valence-corrected chi connectivity index (χ3v) is 3.74. The number of nitrogens with one attached hydrogen (secondary N) is 1. The number of hydrogen-bond donors (Lipinski definition) is 1. The van der Waals surface area contributed by atoms with Crippen LogP contribution in [0.4, 0.5) is 0 Å². The third kappa shape index (κ3) is 1.93. The number of hydrogen-bond acceptors (Lipinski definition) is 3. The van der Waals surface area contributed by atoms with Crippen LogP contribution >= 0.6 is 0 Å². The molecule has 4 heteroatoms. The van der Waals surface area contributed by atoms with Gasteiger partial charge in [-0.3, -0.25) is 4.40 Å². The van der Waals surface area contributed by atoms with Crippen molar-refractivity contribution in [1.29, 1.82) is 0 Å². The maximum atomic E-state index is 4.34. The van der Waals surface area contributed by atoms with Gasteiger partial charge >= 0.3 is 0 Å². The van der Waals surface area contributed by atoms with Gasteiger partial charge in [0.1, 0.15) is 0 Å². The van der Waals surface area contributed by atoms with Crippen LogP contribution in [0.3, 0.4) is 0 Å². The second-order valence-corrected chi connectivity index (χ2v) is 4.79. The van der Waals surface area contributed by atoms with Crippen LogP contribution in [-0.2, 0) is 0 Å². The fourth-order valence-corrected chi connectivity index (χ4v) is 2.66. The Morgan fingerprint density at radius 2 is 2.35 bits per heavy atom. The first kappa shape index (κ1) is 10.7. The quantitative estimate of drug-likeness (QED) is 0.859. The fraction of sp³-hybridized carbons (Fsp3) is 0.538. The zero-order valence-electron chi connectivity index (χ0n) is 10.1. The first-order valence-electron chi connectivity index (χ1n) is 6.41. The van der Waals surface area contributed by atoms with Crippen molar-refractivity contribution in [3.8, 4) is 0 Å². The highest BCUT2D eigenvalue weighted by Crippen LogP contribution is 2.28. The Bertz CT molecular complexity index is 505. The number of rotatable bonds is 2. The van der Waals surface area contributed by atoms with Crippen molar-refractivity contribution in [1.82, 2.24) is 19.9 Å². The van der Waals surface area contributed by atoms with Gasteiger partial charge in [-0.2, -0.15) is 0 Å². The van der Waals surface area contributed by atoms with Gasteiger partial charge in [0, 0.05) is 6.20 Å². The van der Waals surface area contributed by atoms with Crippen molar-refractivity contribution >= 4 is 5.65 Å². The standard InChI is InChI=1S/C13H18N4/c1-2-10-6-7-14-11(9-10)13-16-15-12-5-3-4-8-17(12)13/h3-5,8,10-11,14H,2,6-7,9H2,1H3. The largest absolute Gasteiger partial charge is 0.307 e. The summed E-state index contributed by atoms with van der Waals surface area (Å²) in [4.78, 5) is 0. The number of pyridine rings is 1. The van der Waals surface area contributed by atoms with Crippen LogP contribution in [0.15, 0.2) is 24.4 Å². The van der Waals surface area contributed by atoms with Gasteiger partial charge in [-0.15, -0.1) is 10.2 Å². The van der Waals surface area contributed by atoms with Crippen LogP contribution in [0.5, 0.6) is 0 Å². The molecule has 2 atom stereocenters. The summed E-state index contributed by atoms with van der Waals surface area (Å²) >= 11 is 0. The predicted molar refractivity (Wildman–Crippen MR) is 66.7 cm³/mol. The second-order valence-electron chi connectivity index (χ2n) is 4.79. The Balaban J connectivity index is 1.92. The van der Waals surface area contributed by atoms with Gasteiger partial charge < -0.3 is 5.32 Å². The zero-order chi connectivity index (χ0) is 11.7. The summed E-state index contributed by atoms with van der Waals surface area (Å²) in [6.07, 6.45) is 5.76. The Hall–Kier alpha value is -1.42. The maximum Gasteiger partial charge on any atom is 0.160 e. The molecule has 17 heavy (non-hydrogen) atoms. The molecule has 1 aliphatic rings. The van der Waals surface area contributed by atoms with Crippen molar-refractivity contribution in [2.45, 2.75) is 32.2 Å². The van der Waals surface area contributed by atoms with Gasteiger partial charge in [-0.05, 0) is 37.4 Å². The van der Waals surface area contributed by atoms with E-state index in [1.54, 1.807) is 0 Å². The number of nitrogens with zero attached hydrogens (tertiary/aromatic N) is 3. The van der Waals surface area contributed by atoms with E-state index < -0.39 is 0 Å². The summed E-state index contributed by atoms with van der Waals surface area (Å²) in [6, 6.07) is 6.37. The molecule has 1 N–H and O–H groups in total. The summed E-state index contributed by atoms with van der Waals surface area (Å²) in [5.41, 5.74) is 0.933. The zero-order valence-corrected chi connectivity index (χ0v) is 10.1. The van der Waals surface area contributed by atoms with E-state index in [1.165, 1.54) is 19.3 Å². The van der Waals surface area contributed by atoms with E-state index in [0.29, 0.717) is 6.04 Å². The highest BCUT2D eigenvalue weighted by Gasteiger charge is 2.24. The molecule has 1 saturated heterocycles. The second kappa shape index (κ2) is 4.45. The maximum absolute atomic E-state index is 4.34. The van der Waals surface area contributed by atoms with Crippen molar-refractivity contribution in [2.75, 3.05) is 6.54 Å². The van der Waals surface area contributed by atoms with Gasteiger partial charge in [0.2, 0.25) is 0 Å². The molecule has 1 fully saturated rings. The molecule has 2 aromatic heterocycles. The first-order chi connectivity index (χ1) is 8.38. The number of piperidine rings is 1. The number of aromatic nitrogens is 3. The van der Waals surface area contributed by atoms with Crippen LogP contribution in [0.25, 0.3) is 5.65 Å². The molecule has 3 heterocycles. The monoisotopic (exact) mass is 230 g/mol. The molecule has 1 aliphatic heterocycles. The van der Waals surface area contributed by atoms with Crippen LogP contribution < -0.4 is 5.32 Å². The van der Waals surface area contributed by atoms with E-state index in [4.69, 9.17) is 0 Å². The Morgan fingerprint density at radius 3 is 3.24 bits per heavy atom. The molecule has 0 spiro atoms. The molecule has 0 amide bonds. The minimum absolute atomic E-state index is 0.353. The average molecular weight is 230 g/mol. The van der Waals surface area contributed by atoms with Gasteiger partial charge in [0.25, 0.3) is 0 Å². The molecule has 0 aliphatic carbocycles. The first-order valence-corrected chi connectivity index (χ1v) is 6.41. The van der Waals surface area contributed by atoms with Gasteiger partial charge in [-0.1, -0.05) is 19.4 Å². The van der Waals surface area contributed by atoms with Crippen molar-refractivity contribution in [2.24, 2.45) is 5.92 Å². The third-order valence-electron chi connectivity index (χ3n) is 3.74. The lowest BCUT2D eigenvalue weighted by atomic mass is 9.90. The molecule has 0 aromatic carbocycles. The van der Waals surface area contributed by atoms with E-state index in [-0.39, 0.29) is 0 Å². The Morgan fingerprint density at radius 1 is 1.41 bits per heavy atom. The highest BCUT2D eigenvalue weighted by molar-refractivity contribution is 5.37. The van der Waals surface area contributed by atoms with Gasteiger partial charge in [-0.25, -0.2) is 0 Å². The van der Waals surface area contributed by atoms with E-state index >= 15 is 0 Å². The van der Waals surface area contributed by atoms with E-state index in [9.17, 15) is 0 Å². The van der Waals surface area contributed by atoms with Crippen LogP contribution in [0, 0.1) is 5.92 Å². The molecule has 2 unspecified atom stereocenters. The van der Waals surface area contributed by atoms with Crippen molar-refractivity contribution < 1.29 is 0 Å². The van der Waals surface area contributed by atoms with E-state index in [2.05, 4.69) is 26.8 Å². The summed E-state index contributed by atoms with van der Waals surface area (Å²) in [5.74, 6) is 1.87. The molecular weight excluding hydrogens is 212 g/mol. The normalized spacial score (nSPS) is 25.2. The highest BCUT2D eigenvalue weighted by atomic mass is 15.3. The molecule has 3 rings (SSSR count). The van der Waals surface area contributed by atoms with Crippen LogP contribution in [0.2, 0.25) is 0 Å². The molecule has 2 aromatic rings. The molecule has 4 nitrogen and oxygen atoms in total. The number of fused-ring (bicyclic) bond motifs is 1. The molecule has 0 bridgehead atoms. The summed E-state index contributed by atoms with van der Waals surface area (Å²) in [6.45, 7) is 3.36. The minimum Gasteiger partial charge on any atom is -0.307 e. The predicted octanol–water partition coefficient (Wildman–Crippen LogP) is 2.18. The van der Waals surface area contributed by atoms with Crippen molar-refractivity contribution in [3.05, 3.63) is 30.2 Å². The fourth-order valence-electron chi connectivity index (χ4n) is 2.66. The van der Waals surface area contributed by atoms with E-state index in [0.717, 1.165) is 23.9 Å². The van der Waals surface area contributed by atoms with Crippen LogP contribution in [0.1, 0.15) is 38.1 Å². The summed E-state index contributed by atoms with van der Waals surface area (Å²) in [5, 5.41) is 12.1. The summed E-state index contributed by atoms with van der Waals surface area (Å²) in [7, 11) is 0. The Kier molecular flexibility index (Phi) is 2.81. The van der Waals surface area contributed by atoms with Crippen LogP contribution in [-0.4, -0.2) is 21.1 Å². The van der Waals surface area contributed by atoms with Crippen molar-refractivity contribution in [3.63, 3.8) is 0 Å². The molecule has 90 valence electrons. The molecular formula is C13H18N4. The average Bonchev–Trinajstić information content (AvgIpc) is 2.82. The molecule has 0 radical (unpaired) electrons. The lowest BCUT2D eigenvalue weighted by Crippen LogP contribution is -2.32. The molecule has 0 saturated carbocycles. The Labute approximate surface area is 101 Å². The topological polar surface area (TPSA) is 42.2 Å².